The summed E-state index contributed by atoms with van der Waals surface area (Å²) in [7, 11) is 0. The van der Waals surface area contributed by atoms with Crippen molar-refractivity contribution in [2.45, 2.75) is 44.1 Å². The van der Waals surface area contributed by atoms with Gasteiger partial charge in [-0.25, -0.2) is 0 Å². The van der Waals surface area contributed by atoms with E-state index in [0.717, 1.165) is 25.9 Å². The lowest BCUT2D eigenvalue weighted by Crippen LogP contribution is -2.33. The van der Waals surface area contributed by atoms with Gasteiger partial charge in [-0.3, -0.25) is 0 Å². The van der Waals surface area contributed by atoms with Gasteiger partial charge in [-0.2, -0.15) is 0 Å². The summed E-state index contributed by atoms with van der Waals surface area (Å²) in [4.78, 5) is 0. The molecule has 2 aromatic rings. The molecule has 1 fully saturated rings. The Hall–Kier alpha value is -1.31. The van der Waals surface area contributed by atoms with Crippen LogP contribution in [0.25, 0.3) is 0 Å². The lowest BCUT2D eigenvalue weighted by Gasteiger charge is -2.31. The number of benzene rings is 2. The molecular formula is C22H27ClO. The van der Waals surface area contributed by atoms with Crippen molar-refractivity contribution in [2.75, 3.05) is 12.5 Å². The third-order valence-corrected chi connectivity index (χ3v) is 5.89. The van der Waals surface area contributed by atoms with Crippen LogP contribution in [0.1, 0.15) is 37.8 Å². The molecule has 0 amide bonds. The molecule has 0 N–H and O–H groups in total. The molecule has 24 heavy (non-hydrogen) atoms. The van der Waals surface area contributed by atoms with Gasteiger partial charge in [0.05, 0.1) is 5.60 Å². The highest BCUT2D eigenvalue weighted by atomic mass is 35.5. The Morgan fingerprint density at radius 3 is 2.29 bits per heavy atom. The van der Waals surface area contributed by atoms with Gasteiger partial charge in [0.1, 0.15) is 0 Å². The summed E-state index contributed by atoms with van der Waals surface area (Å²) in [6.45, 7) is 5.09. The zero-order valence-electron chi connectivity index (χ0n) is 14.7. The molecule has 3 rings (SSSR count). The maximum atomic E-state index is 6.41. The van der Waals surface area contributed by atoms with Crippen molar-refractivity contribution >= 4 is 11.6 Å². The number of alkyl halides is 1. The Labute approximate surface area is 151 Å². The minimum absolute atomic E-state index is 0.136. The highest BCUT2D eigenvalue weighted by Crippen LogP contribution is 2.58. The van der Waals surface area contributed by atoms with Crippen LogP contribution in [0, 0.1) is 5.92 Å². The molecular weight excluding hydrogens is 316 g/mol. The molecule has 3 atom stereocenters. The molecule has 0 aliphatic heterocycles. The second kappa shape index (κ2) is 7.29. The van der Waals surface area contributed by atoms with Crippen LogP contribution in [0.15, 0.2) is 60.7 Å². The van der Waals surface area contributed by atoms with Crippen LogP contribution >= 0.6 is 11.6 Å². The smallest absolute Gasteiger partial charge is 0.0697 e. The molecule has 0 bridgehead atoms. The molecule has 1 saturated carbocycles. The van der Waals surface area contributed by atoms with Gasteiger partial charge in [0.25, 0.3) is 0 Å². The number of halogens is 1. The summed E-state index contributed by atoms with van der Waals surface area (Å²) in [6, 6.07) is 21.4. The van der Waals surface area contributed by atoms with Crippen molar-refractivity contribution in [3.63, 3.8) is 0 Å². The average Bonchev–Trinajstić information content (AvgIpc) is 3.30. The first-order chi connectivity index (χ1) is 11.6. The molecule has 0 aromatic heterocycles. The number of rotatable bonds is 8. The molecule has 2 heteroatoms. The molecule has 0 radical (unpaired) electrons. The van der Waals surface area contributed by atoms with Gasteiger partial charge < -0.3 is 4.74 Å². The van der Waals surface area contributed by atoms with Gasteiger partial charge in [0.2, 0.25) is 0 Å². The van der Waals surface area contributed by atoms with E-state index in [1.807, 2.05) is 0 Å². The first-order valence-corrected chi connectivity index (χ1v) is 9.45. The van der Waals surface area contributed by atoms with Crippen molar-refractivity contribution in [2.24, 2.45) is 5.92 Å². The maximum absolute atomic E-state index is 6.41. The average molecular weight is 343 g/mol. The minimum atomic E-state index is -0.136. The van der Waals surface area contributed by atoms with Crippen LogP contribution < -0.4 is 0 Å². The standard InChI is InChI=1S/C22H27ClO/c1-3-24-21(2,14-18-10-6-4-7-11-18)15-20-16-22(20,17-23)19-12-8-5-9-13-19/h4-13,20H,3,14-17H2,1-2H3/t20-,21?,22-/m0/s1. The number of hydrogen-bond acceptors (Lipinski definition) is 1. The van der Waals surface area contributed by atoms with Gasteiger partial charge in [-0.1, -0.05) is 60.7 Å². The van der Waals surface area contributed by atoms with Crippen LogP contribution in [0.5, 0.6) is 0 Å². The molecule has 0 saturated heterocycles. The SMILES string of the molecule is CCOC(C)(Cc1ccccc1)C[C@H]1C[C@]1(CCl)c1ccccc1. The molecule has 1 nitrogen and oxygen atoms in total. The highest BCUT2D eigenvalue weighted by molar-refractivity contribution is 6.19. The minimum Gasteiger partial charge on any atom is -0.375 e. The van der Waals surface area contributed by atoms with E-state index in [9.17, 15) is 0 Å². The number of ether oxygens (including phenoxy) is 1. The predicted octanol–water partition coefficient (Wildman–Crippen LogP) is 5.61. The lowest BCUT2D eigenvalue weighted by atomic mass is 9.86. The zero-order chi connectivity index (χ0) is 17.0. The molecule has 0 heterocycles. The van der Waals surface area contributed by atoms with Crippen molar-refractivity contribution in [3.05, 3.63) is 71.8 Å². The molecule has 0 spiro atoms. The Kier molecular flexibility index (Phi) is 5.32. The van der Waals surface area contributed by atoms with E-state index in [2.05, 4.69) is 74.5 Å². The van der Waals surface area contributed by atoms with Crippen LogP contribution in [0.2, 0.25) is 0 Å². The Morgan fingerprint density at radius 1 is 1.08 bits per heavy atom. The van der Waals surface area contributed by atoms with Crippen LogP contribution in [-0.4, -0.2) is 18.1 Å². The second-order valence-electron chi connectivity index (χ2n) is 7.31. The third kappa shape index (κ3) is 3.68. The molecule has 1 unspecified atom stereocenters. The molecule has 2 aromatic carbocycles. The normalized spacial score (nSPS) is 25.2. The first-order valence-electron chi connectivity index (χ1n) is 8.91. The molecule has 1 aliphatic rings. The Balaban J connectivity index is 1.75. The second-order valence-corrected chi connectivity index (χ2v) is 7.57. The fourth-order valence-corrected chi connectivity index (χ4v) is 4.57. The van der Waals surface area contributed by atoms with Crippen molar-refractivity contribution < 1.29 is 4.74 Å². The van der Waals surface area contributed by atoms with Crippen LogP contribution in [-0.2, 0) is 16.6 Å². The van der Waals surface area contributed by atoms with Gasteiger partial charge in [0, 0.05) is 24.3 Å². The maximum Gasteiger partial charge on any atom is 0.0697 e. The highest BCUT2D eigenvalue weighted by Gasteiger charge is 2.56. The predicted molar refractivity (Wildman–Crippen MR) is 102 cm³/mol. The summed E-state index contributed by atoms with van der Waals surface area (Å²) < 4.78 is 6.21. The fraction of sp³-hybridized carbons (Fsp3) is 0.455. The van der Waals surface area contributed by atoms with E-state index in [1.165, 1.54) is 11.1 Å². The van der Waals surface area contributed by atoms with E-state index in [4.69, 9.17) is 16.3 Å². The molecule has 128 valence electrons. The third-order valence-electron chi connectivity index (χ3n) is 5.41. The number of hydrogen-bond donors (Lipinski definition) is 0. The Morgan fingerprint density at radius 2 is 1.71 bits per heavy atom. The topological polar surface area (TPSA) is 9.23 Å². The first kappa shape index (κ1) is 17.5. The van der Waals surface area contributed by atoms with E-state index < -0.39 is 0 Å². The summed E-state index contributed by atoms with van der Waals surface area (Å²) in [5, 5.41) is 0. The Bertz CT molecular complexity index is 642. The van der Waals surface area contributed by atoms with E-state index >= 15 is 0 Å². The zero-order valence-corrected chi connectivity index (χ0v) is 15.4. The molecule has 1 aliphatic carbocycles. The van der Waals surface area contributed by atoms with Gasteiger partial charge in [-0.05, 0) is 43.7 Å². The summed E-state index contributed by atoms with van der Waals surface area (Å²) in [5.41, 5.74) is 2.72. The summed E-state index contributed by atoms with van der Waals surface area (Å²) in [5.74, 6) is 1.28. The van der Waals surface area contributed by atoms with Crippen LogP contribution in [0.4, 0.5) is 0 Å². The van der Waals surface area contributed by atoms with E-state index in [0.29, 0.717) is 11.8 Å². The van der Waals surface area contributed by atoms with Crippen molar-refractivity contribution in [1.82, 2.24) is 0 Å². The van der Waals surface area contributed by atoms with Crippen LogP contribution in [0.3, 0.4) is 0 Å². The quantitative estimate of drug-likeness (QED) is 0.566. The van der Waals surface area contributed by atoms with Crippen molar-refractivity contribution in [1.29, 1.82) is 0 Å². The van der Waals surface area contributed by atoms with E-state index in [1.54, 1.807) is 0 Å². The summed E-state index contributed by atoms with van der Waals surface area (Å²) >= 11 is 6.41. The summed E-state index contributed by atoms with van der Waals surface area (Å²) in [6.07, 6.45) is 3.17. The lowest BCUT2D eigenvalue weighted by molar-refractivity contribution is -0.0356. The largest absolute Gasteiger partial charge is 0.375 e. The van der Waals surface area contributed by atoms with E-state index in [-0.39, 0.29) is 11.0 Å². The van der Waals surface area contributed by atoms with Gasteiger partial charge in [-0.15, -0.1) is 11.6 Å². The van der Waals surface area contributed by atoms with Crippen molar-refractivity contribution in [3.8, 4) is 0 Å². The van der Waals surface area contributed by atoms with Gasteiger partial charge >= 0.3 is 0 Å². The fourth-order valence-electron chi connectivity index (χ4n) is 4.09. The van der Waals surface area contributed by atoms with Gasteiger partial charge in [0.15, 0.2) is 0 Å². The monoisotopic (exact) mass is 342 g/mol.